The van der Waals surface area contributed by atoms with Crippen LogP contribution in [-0.4, -0.2) is 58.0 Å². The van der Waals surface area contributed by atoms with Crippen molar-refractivity contribution in [3.8, 4) is 28.1 Å². The Morgan fingerprint density at radius 1 is 0.900 bits per heavy atom. The van der Waals surface area contributed by atoms with Gasteiger partial charge in [-0.3, -0.25) is 4.79 Å². The molecule has 0 aliphatic carbocycles. The molecule has 2 saturated heterocycles. The lowest BCUT2D eigenvalue weighted by Crippen LogP contribution is -2.27. The van der Waals surface area contributed by atoms with E-state index in [0.717, 1.165) is 43.1 Å². The fourth-order valence-corrected chi connectivity index (χ4v) is 4.71. The predicted octanol–water partition coefficient (Wildman–Crippen LogP) is 2.21. The number of hydrogen-bond acceptors (Lipinski definition) is 6. The first-order chi connectivity index (χ1) is 14.5. The van der Waals surface area contributed by atoms with Gasteiger partial charge in [0.15, 0.2) is 5.82 Å². The third-order valence-electron chi connectivity index (χ3n) is 6.35. The molecule has 7 nitrogen and oxygen atoms in total. The molecule has 4 heterocycles. The lowest BCUT2D eigenvalue weighted by atomic mass is 10.0. The standard InChI is InChI=1S/C23H25N5O2/c1-26-11-17-13-28(14-18(17)12-26)22-6-5-20(24-25-22)19-4-3-15(9-21(19)29)16-7-8-27(2)23(30)10-16/h3-10,17-18,29H,11-14H2,1-2H3/t17-,18+. The molecule has 2 fully saturated rings. The molecule has 2 atom stereocenters. The molecule has 2 aromatic heterocycles. The van der Waals surface area contributed by atoms with Crippen LogP contribution in [0.25, 0.3) is 22.4 Å². The summed E-state index contributed by atoms with van der Waals surface area (Å²) in [4.78, 5) is 16.6. The van der Waals surface area contributed by atoms with E-state index in [2.05, 4.69) is 27.0 Å². The smallest absolute Gasteiger partial charge is 0.250 e. The second-order valence-electron chi connectivity index (χ2n) is 8.52. The lowest BCUT2D eigenvalue weighted by molar-refractivity contribution is 0.387. The van der Waals surface area contributed by atoms with Crippen molar-refractivity contribution in [1.82, 2.24) is 19.7 Å². The van der Waals surface area contributed by atoms with Crippen LogP contribution in [0.1, 0.15) is 0 Å². The minimum atomic E-state index is -0.0878. The average Bonchev–Trinajstić information content (AvgIpc) is 3.28. The van der Waals surface area contributed by atoms with Crippen LogP contribution in [-0.2, 0) is 7.05 Å². The first-order valence-electron chi connectivity index (χ1n) is 10.3. The Balaban J connectivity index is 1.36. The number of pyridine rings is 1. The number of phenolic OH excluding ortho intramolecular Hbond substituents is 1. The van der Waals surface area contributed by atoms with Gasteiger partial charge < -0.3 is 19.5 Å². The minimum Gasteiger partial charge on any atom is -0.507 e. The molecule has 1 aromatic carbocycles. The van der Waals surface area contributed by atoms with Gasteiger partial charge in [0.1, 0.15) is 5.75 Å². The summed E-state index contributed by atoms with van der Waals surface area (Å²) < 4.78 is 1.51. The zero-order valence-electron chi connectivity index (χ0n) is 17.2. The highest BCUT2D eigenvalue weighted by Gasteiger charge is 2.39. The summed E-state index contributed by atoms with van der Waals surface area (Å²) in [6.07, 6.45) is 1.72. The number of aromatic hydroxyl groups is 1. The van der Waals surface area contributed by atoms with E-state index in [1.54, 1.807) is 25.4 Å². The second-order valence-corrected chi connectivity index (χ2v) is 8.52. The van der Waals surface area contributed by atoms with Crippen LogP contribution in [0.2, 0.25) is 0 Å². The molecule has 0 amide bonds. The van der Waals surface area contributed by atoms with Gasteiger partial charge in [0.05, 0.1) is 5.69 Å². The zero-order valence-corrected chi connectivity index (χ0v) is 17.2. The maximum Gasteiger partial charge on any atom is 0.250 e. The van der Waals surface area contributed by atoms with Crippen LogP contribution in [0.15, 0.2) is 53.5 Å². The van der Waals surface area contributed by atoms with Crippen LogP contribution in [0.4, 0.5) is 5.82 Å². The first kappa shape index (κ1) is 18.8. The molecule has 0 unspecified atom stereocenters. The molecule has 30 heavy (non-hydrogen) atoms. The van der Waals surface area contributed by atoms with Gasteiger partial charge in [0.2, 0.25) is 0 Å². The summed E-state index contributed by atoms with van der Waals surface area (Å²) in [5.74, 6) is 2.44. The molecule has 5 rings (SSSR count). The van der Waals surface area contributed by atoms with E-state index >= 15 is 0 Å². The Hall–Kier alpha value is -3.19. The summed E-state index contributed by atoms with van der Waals surface area (Å²) in [5, 5.41) is 19.4. The molecule has 1 N–H and O–H groups in total. The third-order valence-corrected chi connectivity index (χ3v) is 6.35. The fourth-order valence-electron chi connectivity index (χ4n) is 4.71. The molecule has 0 bridgehead atoms. The molecule has 0 spiro atoms. The molecule has 3 aromatic rings. The van der Waals surface area contributed by atoms with Crippen molar-refractivity contribution >= 4 is 5.82 Å². The molecule has 7 heteroatoms. The van der Waals surface area contributed by atoms with E-state index in [0.29, 0.717) is 23.1 Å². The van der Waals surface area contributed by atoms with E-state index in [1.807, 2.05) is 30.3 Å². The van der Waals surface area contributed by atoms with Gasteiger partial charge in [-0.2, -0.15) is 0 Å². The number of anilines is 1. The Morgan fingerprint density at radius 3 is 2.27 bits per heavy atom. The number of aromatic nitrogens is 3. The topological polar surface area (TPSA) is 74.5 Å². The number of benzene rings is 1. The van der Waals surface area contributed by atoms with Crippen molar-refractivity contribution in [2.24, 2.45) is 18.9 Å². The molecule has 2 aliphatic heterocycles. The largest absolute Gasteiger partial charge is 0.507 e. The Labute approximate surface area is 175 Å². The van der Waals surface area contributed by atoms with E-state index in [9.17, 15) is 9.90 Å². The zero-order chi connectivity index (χ0) is 20.8. The molecular weight excluding hydrogens is 378 g/mol. The van der Waals surface area contributed by atoms with E-state index in [1.165, 1.54) is 4.57 Å². The quantitative estimate of drug-likeness (QED) is 0.723. The highest BCUT2D eigenvalue weighted by atomic mass is 16.3. The number of fused-ring (bicyclic) bond motifs is 1. The van der Waals surface area contributed by atoms with E-state index < -0.39 is 0 Å². The third kappa shape index (κ3) is 3.35. The number of nitrogens with zero attached hydrogens (tertiary/aromatic N) is 5. The summed E-state index contributed by atoms with van der Waals surface area (Å²) in [6, 6.07) is 12.7. The van der Waals surface area contributed by atoms with E-state index in [-0.39, 0.29) is 11.3 Å². The van der Waals surface area contributed by atoms with Gasteiger partial charge in [0.25, 0.3) is 5.56 Å². The molecular formula is C23H25N5O2. The predicted molar refractivity (Wildman–Crippen MR) is 116 cm³/mol. The number of rotatable bonds is 3. The van der Waals surface area contributed by atoms with Crippen molar-refractivity contribution in [2.45, 2.75) is 0 Å². The van der Waals surface area contributed by atoms with Gasteiger partial charge in [0, 0.05) is 51.1 Å². The van der Waals surface area contributed by atoms with Crippen LogP contribution in [0.3, 0.4) is 0 Å². The molecule has 0 radical (unpaired) electrons. The van der Waals surface area contributed by atoms with Crippen molar-refractivity contribution in [3.63, 3.8) is 0 Å². The normalized spacial score (nSPS) is 21.2. The van der Waals surface area contributed by atoms with Crippen LogP contribution in [0, 0.1) is 11.8 Å². The molecule has 2 aliphatic rings. The average molecular weight is 403 g/mol. The monoisotopic (exact) mass is 403 g/mol. The Bertz CT molecular complexity index is 1130. The molecule has 0 saturated carbocycles. The van der Waals surface area contributed by atoms with Crippen molar-refractivity contribution in [3.05, 3.63) is 59.0 Å². The number of likely N-dealkylation sites (tertiary alicyclic amines) is 1. The van der Waals surface area contributed by atoms with Gasteiger partial charge in [-0.15, -0.1) is 10.2 Å². The van der Waals surface area contributed by atoms with Crippen LogP contribution < -0.4 is 10.5 Å². The summed E-state index contributed by atoms with van der Waals surface area (Å²) >= 11 is 0. The Kier molecular flexibility index (Phi) is 4.55. The first-order valence-corrected chi connectivity index (χ1v) is 10.3. The van der Waals surface area contributed by atoms with Crippen LogP contribution in [0.5, 0.6) is 5.75 Å². The van der Waals surface area contributed by atoms with Gasteiger partial charge in [-0.25, -0.2) is 0 Å². The van der Waals surface area contributed by atoms with E-state index in [4.69, 9.17) is 0 Å². The minimum absolute atomic E-state index is 0.0878. The van der Waals surface area contributed by atoms with Crippen molar-refractivity contribution in [1.29, 1.82) is 0 Å². The summed E-state index contributed by atoms with van der Waals surface area (Å²) in [7, 11) is 3.90. The molecule has 154 valence electrons. The highest BCUT2D eigenvalue weighted by Crippen LogP contribution is 2.34. The summed E-state index contributed by atoms with van der Waals surface area (Å²) in [6.45, 7) is 4.36. The number of hydrogen-bond donors (Lipinski definition) is 1. The Morgan fingerprint density at radius 2 is 1.63 bits per heavy atom. The van der Waals surface area contributed by atoms with Crippen molar-refractivity contribution < 1.29 is 5.11 Å². The van der Waals surface area contributed by atoms with Gasteiger partial charge in [-0.1, -0.05) is 6.07 Å². The van der Waals surface area contributed by atoms with Crippen LogP contribution >= 0.6 is 0 Å². The maximum atomic E-state index is 11.9. The second kappa shape index (κ2) is 7.25. The maximum absolute atomic E-state index is 11.9. The van der Waals surface area contributed by atoms with Gasteiger partial charge in [-0.05, 0) is 60.3 Å². The summed E-state index contributed by atoms with van der Waals surface area (Å²) in [5.41, 5.74) is 2.72. The lowest BCUT2D eigenvalue weighted by Gasteiger charge is -2.19. The highest BCUT2D eigenvalue weighted by molar-refractivity contribution is 5.74. The number of phenols is 1. The van der Waals surface area contributed by atoms with Gasteiger partial charge >= 0.3 is 0 Å². The SMILES string of the molecule is CN1C[C@@H]2CN(c3ccc(-c4ccc(-c5ccn(C)c(=O)c5)cc4O)nn3)C[C@@H]2C1. The fraction of sp³-hybridized carbons (Fsp3) is 0.348. The van der Waals surface area contributed by atoms with Crippen molar-refractivity contribution in [2.75, 3.05) is 38.1 Å². The number of aryl methyl sites for hydroxylation is 1.